The Morgan fingerprint density at radius 2 is 2.22 bits per heavy atom. The van der Waals surface area contributed by atoms with Crippen LogP contribution in [0, 0.1) is 10.1 Å². The van der Waals surface area contributed by atoms with Gasteiger partial charge in [0.15, 0.2) is 5.82 Å². The van der Waals surface area contributed by atoms with Crippen LogP contribution in [0.5, 0.6) is 0 Å². The zero-order valence-electron chi connectivity index (χ0n) is 12.5. The summed E-state index contributed by atoms with van der Waals surface area (Å²) in [5.74, 6) is 0.652. The summed E-state index contributed by atoms with van der Waals surface area (Å²) in [7, 11) is 1.81. The van der Waals surface area contributed by atoms with Crippen molar-refractivity contribution >= 4 is 29.2 Å². The molecule has 0 aliphatic carbocycles. The fraction of sp³-hybridized carbons (Fsp3) is 0.357. The third-order valence-corrected chi connectivity index (χ3v) is 4.76. The van der Waals surface area contributed by atoms with Crippen LogP contribution in [0.15, 0.2) is 35.6 Å². The predicted molar refractivity (Wildman–Crippen MR) is 85.3 cm³/mol. The molecule has 1 amide bonds. The van der Waals surface area contributed by atoms with Gasteiger partial charge < -0.3 is 0 Å². The molecule has 0 N–H and O–H groups in total. The van der Waals surface area contributed by atoms with Crippen LogP contribution in [-0.4, -0.2) is 37.4 Å². The summed E-state index contributed by atoms with van der Waals surface area (Å²) in [5, 5.41) is 15.3. The van der Waals surface area contributed by atoms with Crippen LogP contribution < -0.4 is 4.90 Å². The molecule has 3 rings (SSSR count). The van der Waals surface area contributed by atoms with Gasteiger partial charge in [0.2, 0.25) is 5.91 Å². The molecule has 1 aliphatic rings. The van der Waals surface area contributed by atoms with Gasteiger partial charge in [0, 0.05) is 31.9 Å². The van der Waals surface area contributed by atoms with Gasteiger partial charge in [-0.3, -0.25) is 24.5 Å². The van der Waals surface area contributed by atoms with Gasteiger partial charge in [-0.15, -0.1) is 0 Å². The van der Waals surface area contributed by atoms with E-state index in [1.54, 1.807) is 21.8 Å². The summed E-state index contributed by atoms with van der Waals surface area (Å²) in [6.45, 7) is 0.653. The van der Waals surface area contributed by atoms with Gasteiger partial charge in [-0.25, -0.2) is 4.98 Å². The van der Waals surface area contributed by atoms with Crippen molar-refractivity contribution in [1.29, 1.82) is 0 Å². The normalized spacial score (nSPS) is 18.2. The number of hydrogen-bond acceptors (Lipinski definition) is 6. The molecule has 1 fully saturated rings. The fourth-order valence-electron chi connectivity index (χ4n) is 2.42. The van der Waals surface area contributed by atoms with Crippen LogP contribution in [-0.2, 0) is 11.8 Å². The number of nitrogens with zero attached hydrogens (tertiary/aromatic N) is 5. The number of carbonyl (C=O) groups excluding carboxylic acids is 1. The number of amides is 1. The van der Waals surface area contributed by atoms with Gasteiger partial charge in [0.05, 0.1) is 15.2 Å². The van der Waals surface area contributed by atoms with Crippen molar-refractivity contribution in [2.75, 3.05) is 11.4 Å². The largest absolute Gasteiger partial charge is 0.294 e. The second kappa shape index (κ2) is 6.37. The summed E-state index contributed by atoms with van der Waals surface area (Å²) in [4.78, 5) is 28.5. The first-order valence-electron chi connectivity index (χ1n) is 7.13. The molecule has 0 spiro atoms. The van der Waals surface area contributed by atoms with E-state index in [2.05, 4.69) is 10.1 Å². The molecule has 1 atom stereocenters. The van der Waals surface area contributed by atoms with Crippen LogP contribution in [0.4, 0.5) is 11.5 Å². The minimum Gasteiger partial charge on any atom is -0.294 e. The van der Waals surface area contributed by atoms with E-state index in [4.69, 9.17) is 0 Å². The van der Waals surface area contributed by atoms with Crippen molar-refractivity contribution in [3.8, 4) is 0 Å². The van der Waals surface area contributed by atoms with Gasteiger partial charge >= 0.3 is 0 Å². The molecule has 1 aliphatic heterocycles. The number of aromatic nitrogens is 3. The van der Waals surface area contributed by atoms with Crippen LogP contribution in [0.3, 0.4) is 0 Å². The van der Waals surface area contributed by atoms with Gasteiger partial charge in [-0.2, -0.15) is 5.10 Å². The first-order valence-corrected chi connectivity index (χ1v) is 8.00. The number of pyridine rings is 1. The third-order valence-electron chi connectivity index (χ3n) is 3.56. The molecule has 3 heterocycles. The lowest BCUT2D eigenvalue weighted by Gasteiger charge is -2.30. The lowest BCUT2D eigenvalue weighted by Crippen LogP contribution is -2.43. The number of thioether (sulfide) groups is 1. The topological polar surface area (TPSA) is 94.2 Å². The number of hydrogen-bond donors (Lipinski definition) is 0. The predicted octanol–water partition coefficient (Wildman–Crippen LogP) is 2.01. The average molecular weight is 333 g/mol. The molecule has 2 aromatic heterocycles. The Morgan fingerprint density at radius 3 is 2.83 bits per heavy atom. The zero-order valence-corrected chi connectivity index (χ0v) is 13.3. The van der Waals surface area contributed by atoms with Crippen molar-refractivity contribution in [2.45, 2.75) is 23.1 Å². The molecule has 0 unspecified atom stereocenters. The number of piperidine rings is 1. The quantitative estimate of drug-likeness (QED) is 0.627. The van der Waals surface area contributed by atoms with Crippen LogP contribution in [0.1, 0.15) is 12.8 Å². The minimum atomic E-state index is -0.490. The van der Waals surface area contributed by atoms with Crippen molar-refractivity contribution in [3.05, 3.63) is 40.7 Å². The van der Waals surface area contributed by atoms with E-state index in [1.165, 1.54) is 24.0 Å². The number of rotatable bonds is 4. The molecule has 120 valence electrons. The minimum absolute atomic E-state index is 0.0000952. The molecule has 0 radical (unpaired) electrons. The number of anilines is 1. The Morgan fingerprint density at radius 1 is 1.39 bits per heavy atom. The van der Waals surface area contributed by atoms with Gasteiger partial charge in [-0.05, 0) is 18.9 Å². The van der Waals surface area contributed by atoms with Crippen LogP contribution >= 0.6 is 11.8 Å². The standard InChI is InChI=1S/C14H15N5O3S/c1-17-8-6-12(16-17)18-7-2-3-11(14(18)20)23-13-5-4-10(9-15-13)19(21)22/h4-6,8-9,11H,2-3,7H2,1H3/t11-/m1/s1. The SMILES string of the molecule is Cn1ccc(N2CCC[C@@H](Sc3ccc([N+](=O)[O-])cn3)C2=O)n1. The Bertz CT molecular complexity index is 730. The average Bonchev–Trinajstić information content (AvgIpc) is 2.96. The molecule has 1 saturated heterocycles. The second-order valence-electron chi connectivity index (χ2n) is 5.20. The highest BCUT2D eigenvalue weighted by molar-refractivity contribution is 8.00. The Balaban J connectivity index is 1.72. The molecular weight excluding hydrogens is 318 g/mol. The Hall–Kier alpha value is -2.42. The molecule has 9 heteroatoms. The number of nitro groups is 1. The van der Waals surface area contributed by atoms with Crippen molar-refractivity contribution in [2.24, 2.45) is 7.05 Å². The molecule has 23 heavy (non-hydrogen) atoms. The van der Waals surface area contributed by atoms with E-state index in [9.17, 15) is 14.9 Å². The molecule has 8 nitrogen and oxygen atoms in total. The lowest BCUT2D eigenvalue weighted by molar-refractivity contribution is -0.385. The van der Waals surface area contributed by atoms with E-state index in [0.29, 0.717) is 17.4 Å². The summed E-state index contributed by atoms with van der Waals surface area (Å²) in [6.07, 6.45) is 4.65. The highest BCUT2D eigenvalue weighted by Gasteiger charge is 2.31. The van der Waals surface area contributed by atoms with Gasteiger partial charge in [0.25, 0.3) is 5.69 Å². The molecule has 0 saturated carbocycles. The van der Waals surface area contributed by atoms with Gasteiger partial charge in [-0.1, -0.05) is 11.8 Å². The third kappa shape index (κ3) is 3.34. The number of carbonyl (C=O) groups is 1. The first kappa shape index (κ1) is 15.5. The van der Waals surface area contributed by atoms with E-state index in [-0.39, 0.29) is 16.8 Å². The fourth-order valence-corrected chi connectivity index (χ4v) is 3.49. The van der Waals surface area contributed by atoms with Crippen molar-refractivity contribution in [1.82, 2.24) is 14.8 Å². The highest BCUT2D eigenvalue weighted by Crippen LogP contribution is 2.31. The lowest BCUT2D eigenvalue weighted by atomic mass is 10.1. The van der Waals surface area contributed by atoms with Crippen LogP contribution in [0.25, 0.3) is 0 Å². The van der Waals surface area contributed by atoms with E-state index in [0.717, 1.165) is 12.8 Å². The van der Waals surface area contributed by atoms with E-state index in [1.807, 2.05) is 13.1 Å². The monoisotopic (exact) mass is 333 g/mol. The maximum Gasteiger partial charge on any atom is 0.287 e. The summed E-state index contributed by atoms with van der Waals surface area (Å²) in [5.41, 5.74) is -0.0561. The van der Waals surface area contributed by atoms with Gasteiger partial charge in [0.1, 0.15) is 6.20 Å². The maximum absolute atomic E-state index is 12.6. The molecule has 0 bridgehead atoms. The molecule has 0 aromatic carbocycles. The summed E-state index contributed by atoms with van der Waals surface area (Å²) < 4.78 is 1.66. The second-order valence-corrected chi connectivity index (χ2v) is 6.42. The summed E-state index contributed by atoms with van der Waals surface area (Å²) in [6, 6.07) is 4.80. The Labute approximate surface area is 136 Å². The highest BCUT2D eigenvalue weighted by atomic mass is 32.2. The maximum atomic E-state index is 12.6. The number of aryl methyl sites for hydroxylation is 1. The smallest absolute Gasteiger partial charge is 0.287 e. The van der Waals surface area contributed by atoms with E-state index >= 15 is 0 Å². The van der Waals surface area contributed by atoms with Crippen molar-refractivity contribution < 1.29 is 9.72 Å². The Kier molecular flexibility index (Phi) is 4.28. The van der Waals surface area contributed by atoms with Crippen LogP contribution in [0.2, 0.25) is 0 Å². The van der Waals surface area contributed by atoms with Crippen molar-refractivity contribution in [3.63, 3.8) is 0 Å². The van der Waals surface area contributed by atoms with E-state index < -0.39 is 4.92 Å². The molecular formula is C14H15N5O3S. The zero-order chi connectivity index (χ0) is 16.4. The first-order chi connectivity index (χ1) is 11.0. The summed E-state index contributed by atoms with van der Waals surface area (Å²) >= 11 is 1.34. The molecule has 2 aromatic rings.